The lowest BCUT2D eigenvalue weighted by Crippen LogP contribution is -2.13. The molecule has 2 N–H and O–H groups in total. The third kappa shape index (κ3) is 3.06. The summed E-state index contributed by atoms with van der Waals surface area (Å²) in [6.07, 6.45) is 3.78. The molecule has 7 nitrogen and oxygen atoms in total. The van der Waals surface area contributed by atoms with Gasteiger partial charge < -0.3 is 10.4 Å². The molecule has 100 valence electrons. The van der Waals surface area contributed by atoms with E-state index in [1.165, 1.54) is 6.20 Å². The summed E-state index contributed by atoms with van der Waals surface area (Å²) in [7, 11) is 1.87. The molecule has 0 bridgehead atoms. The van der Waals surface area contributed by atoms with E-state index >= 15 is 0 Å². The van der Waals surface area contributed by atoms with Crippen LogP contribution in [0.5, 0.6) is 0 Å². The van der Waals surface area contributed by atoms with E-state index in [0.29, 0.717) is 18.2 Å². The molecule has 0 saturated heterocycles. The zero-order chi connectivity index (χ0) is 13.8. The third-order valence-corrected chi connectivity index (χ3v) is 2.74. The van der Waals surface area contributed by atoms with Crippen molar-refractivity contribution in [1.29, 1.82) is 0 Å². The van der Waals surface area contributed by atoms with E-state index in [4.69, 9.17) is 5.11 Å². The SMILES string of the molecule is Cc1ncc(C(=O)O)c(NCCc2ccnn2C)n1. The topological polar surface area (TPSA) is 92.9 Å². The maximum Gasteiger partial charge on any atom is 0.341 e. The zero-order valence-electron chi connectivity index (χ0n) is 10.8. The molecular weight excluding hydrogens is 246 g/mol. The van der Waals surface area contributed by atoms with Crippen LogP contribution in [0, 0.1) is 6.92 Å². The van der Waals surface area contributed by atoms with Crippen molar-refractivity contribution in [2.45, 2.75) is 13.3 Å². The Kier molecular flexibility index (Phi) is 3.74. The first-order valence-electron chi connectivity index (χ1n) is 5.85. The van der Waals surface area contributed by atoms with E-state index in [1.54, 1.807) is 17.8 Å². The van der Waals surface area contributed by atoms with Gasteiger partial charge in [-0.15, -0.1) is 0 Å². The summed E-state index contributed by atoms with van der Waals surface area (Å²) >= 11 is 0. The first kappa shape index (κ1) is 13.0. The van der Waals surface area contributed by atoms with E-state index in [-0.39, 0.29) is 5.56 Å². The molecule has 19 heavy (non-hydrogen) atoms. The van der Waals surface area contributed by atoms with Crippen molar-refractivity contribution < 1.29 is 9.90 Å². The third-order valence-electron chi connectivity index (χ3n) is 2.74. The highest BCUT2D eigenvalue weighted by atomic mass is 16.4. The van der Waals surface area contributed by atoms with Crippen LogP contribution in [0.1, 0.15) is 21.9 Å². The largest absolute Gasteiger partial charge is 0.477 e. The lowest BCUT2D eigenvalue weighted by Gasteiger charge is -2.09. The van der Waals surface area contributed by atoms with Gasteiger partial charge in [0.1, 0.15) is 17.2 Å². The number of carbonyl (C=O) groups is 1. The summed E-state index contributed by atoms with van der Waals surface area (Å²) in [6.45, 7) is 2.30. The van der Waals surface area contributed by atoms with Crippen LogP contribution >= 0.6 is 0 Å². The van der Waals surface area contributed by atoms with E-state index in [0.717, 1.165) is 12.1 Å². The Balaban J connectivity index is 2.05. The van der Waals surface area contributed by atoms with Gasteiger partial charge in [0, 0.05) is 38.1 Å². The summed E-state index contributed by atoms with van der Waals surface area (Å²) in [4.78, 5) is 19.0. The number of nitrogens with one attached hydrogen (secondary N) is 1. The molecule has 0 saturated carbocycles. The van der Waals surface area contributed by atoms with Crippen LogP contribution in [0.4, 0.5) is 5.82 Å². The molecule has 0 amide bonds. The van der Waals surface area contributed by atoms with Crippen LogP contribution in [0.2, 0.25) is 0 Å². The summed E-state index contributed by atoms with van der Waals surface area (Å²) in [5.74, 6) is -0.154. The predicted molar refractivity (Wildman–Crippen MR) is 69.1 cm³/mol. The van der Waals surface area contributed by atoms with Crippen LogP contribution in [0.3, 0.4) is 0 Å². The van der Waals surface area contributed by atoms with Gasteiger partial charge in [-0.05, 0) is 13.0 Å². The van der Waals surface area contributed by atoms with Gasteiger partial charge in [-0.1, -0.05) is 0 Å². The quantitative estimate of drug-likeness (QED) is 0.829. The summed E-state index contributed by atoms with van der Waals surface area (Å²) in [5.41, 5.74) is 1.14. The standard InChI is InChI=1S/C12H15N5O2/c1-8-14-7-10(12(18)19)11(16-8)13-5-3-9-4-6-15-17(9)2/h4,6-7H,3,5H2,1-2H3,(H,18,19)(H,13,14,16). The Labute approximate surface area is 110 Å². The van der Waals surface area contributed by atoms with Crippen molar-refractivity contribution in [2.24, 2.45) is 7.05 Å². The number of hydrogen-bond donors (Lipinski definition) is 2. The van der Waals surface area contributed by atoms with Gasteiger partial charge >= 0.3 is 5.97 Å². The van der Waals surface area contributed by atoms with Crippen molar-refractivity contribution >= 4 is 11.8 Å². The molecule has 2 heterocycles. The van der Waals surface area contributed by atoms with Gasteiger partial charge in [0.25, 0.3) is 0 Å². The van der Waals surface area contributed by atoms with Crippen molar-refractivity contribution in [3.8, 4) is 0 Å². The molecule has 2 aromatic heterocycles. The molecule has 0 radical (unpaired) electrons. The number of aryl methyl sites for hydroxylation is 2. The fourth-order valence-electron chi connectivity index (χ4n) is 1.72. The van der Waals surface area contributed by atoms with Gasteiger partial charge in [0.2, 0.25) is 0 Å². The number of aromatic carboxylic acids is 1. The number of nitrogens with zero attached hydrogens (tertiary/aromatic N) is 4. The lowest BCUT2D eigenvalue weighted by molar-refractivity contribution is 0.0697. The minimum atomic E-state index is -1.04. The van der Waals surface area contributed by atoms with Crippen LogP contribution in [0.25, 0.3) is 0 Å². The Hall–Kier alpha value is -2.44. The maximum absolute atomic E-state index is 11.0. The van der Waals surface area contributed by atoms with Crippen LogP contribution in [0.15, 0.2) is 18.5 Å². The second-order valence-electron chi connectivity index (χ2n) is 4.11. The molecule has 0 aliphatic carbocycles. The fraction of sp³-hybridized carbons (Fsp3) is 0.333. The minimum absolute atomic E-state index is 0.0793. The lowest BCUT2D eigenvalue weighted by atomic mass is 10.2. The number of hydrogen-bond acceptors (Lipinski definition) is 5. The second kappa shape index (κ2) is 5.47. The molecule has 7 heteroatoms. The van der Waals surface area contributed by atoms with Gasteiger partial charge in [0.05, 0.1) is 0 Å². The average molecular weight is 261 g/mol. The monoisotopic (exact) mass is 261 g/mol. The Bertz CT molecular complexity index is 594. The van der Waals surface area contributed by atoms with Crippen LogP contribution < -0.4 is 5.32 Å². The predicted octanol–water partition coefficient (Wildman–Crippen LogP) is 0.871. The van der Waals surface area contributed by atoms with Crippen molar-refractivity contribution in [3.63, 3.8) is 0 Å². The molecule has 0 spiro atoms. The highest BCUT2D eigenvalue weighted by Crippen LogP contribution is 2.11. The normalized spacial score (nSPS) is 10.4. The number of anilines is 1. The van der Waals surface area contributed by atoms with Crippen LogP contribution in [-0.2, 0) is 13.5 Å². The first-order chi connectivity index (χ1) is 9.08. The Morgan fingerprint density at radius 2 is 2.32 bits per heavy atom. The molecule has 0 unspecified atom stereocenters. The van der Waals surface area contributed by atoms with E-state index < -0.39 is 5.97 Å². The summed E-state index contributed by atoms with van der Waals surface area (Å²) in [5, 5.41) is 16.1. The molecule has 0 aliphatic rings. The van der Waals surface area contributed by atoms with Crippen LogP contribution in [-0.4, -0.2) is 37.4 Å². The second-order valence-corrected chi connectivity index (χ2v) is 4.11. The number of carboxylic acids is 1. The number of aromatic nitrogens is 4. The smallest absolute Gasteiger partial charge is 0.341 e. The maximum atomic E-state index is 11.0. The molecule has 0 atom stereocenters. The number of carboxylic acid groups (broad SMARTS) is 1. The molecule has 0 aromatic carbocycles. The van der Waals surface area contributed by atoms with Crippen molar-refractivity contribution in [1.82, 2.24) is 19.7 Å². The van der Waals surface area contributed by atoms with Gasteiger partial charge in [-0.3, -0.25) is 4.68 Å². The minimum Gasteiger partial charge on any atom is -0.477 e. The van der Waals surface area contributed by atoms with E-state index in [1.807, 2.05) is 13.1 Å². The Morgan fingerprint density at radius 1 is 1.53 bits per heavy atom. The Morgan fingerprint density at radius 3 is 2.95 bits per heavy atom. The van der Waals surface area contributed by atoms with Gasteiger partial charge in [-0.2, -0.15) is 5.10 Å². The average Bonchev–Trinajstić information content (AvgIpc) is 2.75. The molecular formula is C12H15N5O2. The highest BCUT2D eigenvalue weighted by Gasteiger charge is 2.12. The first-order valence-corrected chi connectivity index (χ1v) is 5.85. The number of rotatable bonds is 5. The molecule has 2 rings (SSSR count). The zero-order valence-corrected chi connectivity index (χ0v) is 10.8. The molecule has 0 fully saturated rings. The molecule has 2 aromatic rings. The van der Waals surface area contributed by atoms with Gasteiger partial charge in [0.15, 0.2) is 0 Å². The van der Waals surface area contributed by atoms with E-state index in [9.17, 15) is 4.79 Å². The summed E-state index contributed by atoms with van der Waals surface area (Å²) in [6, 6.07) is 1.92. The van der Waals surface area contributed by atoms with Crippen molar-refractivity contribution in [3.05, 3.63) is 35.5 Å². The molecule has 0 aliphatic heterocycles. The highest BCUT2D eigenvalue weighted by molar-refractivity contribution is 5.92. The summed E-state index contributed by atoms with van der Waals surface area (Å²) < 4.78 is 1.78. The van der Waals surface area contributed by atoms with Crippen molar-refractivity contribution in [2.75, 3.05) is 11.9 Å². The fourth-order valence-corrected chi connectivity index (χ4v) is 1.72. The van der Waals surface area contributed by atoms with E-state index in [2.05, 4.69) is 20.4 Å². The van der Waals surface area contributed by atoms with Gasteiger partial charge in [-0.25, -0.2) is 14.8 Å².